The minimum absolute atomic E-state index is 0.132. The van der Waals surface area contributed by atoms with Crippen molar-refractivity contribution in [3.05, 3.63) is 46.6 Å². The molecule has 3 aromatic rings. The molecule has 1 aliphatic heterocycles. The zero-order valence-corrected chi connectivity index (χ0v) is 21.6. The third-order valence-corrected chi connectivity index (χ3v) is 8.64. The van der Waals surface area contributed by atoms with Crippen LogP contribution in [0.2, 0.25) is 5.28 Å². The van der Waals surface area contributed by atoms with E-state index in [1.54, 1.807) is 6.07 Å². The van der Waals surface area contributed by atoms with Crippen LogP contribution >= 0.6 is 19.2 Å². The maximum absolute atomic E-state index is 13.9. The van der Waals surface area contributed by atoms with E-state index in [1.165, 1.54) is 23.0 Å². The molecule has 0 spiro atoms. The van der Waals surface area contributed by atoms with Crippen molar-refractivity contribution in [3.63, 3.8) is 0 Å². The quantitative estimate of drug-likeness (QED) is 0.167. The number of ether oxygens (including phenoxy) is 2. The summed E-state index contributed by atoms with van der Waals surface area (Å²) in [5.41, 5.74) is 2.01. The summed E-state index contributed by atoms with van der Waals surface area (Å²) >= 11 is 6.19. The van der Waals surface area contributed by atoms with E-state index in [-0.39, 0.29) is 22.8 Å². The summed E-state index contributed by atoms with van der Waals surface area (Å²) in [6.45, 7) is -0.510. The molecule has 3 heterocycles. The van der Waals surface area contributed by atoms with Gasteiger partial charge in [0.2, 0.25) is 5.28 Å². The Morgan fingerprint density at radius 2 is 2.08 bits per heavy atom. The molecule has 0 amide bonds. The van der Waals surface area contributed by atoms with Gasteiger partial charge in [0.1, 0.15) is 29.9 Å². The second-order valence-corrected chi connectivity index (χ2v) is 11.9. The average Bonchev–Trinajstić information content (AvgIpc) is 3.53. The van der Waals surface area contributed by atoms with E-state index < -0.39 is 50.7 Å². The number of hydrogen-bond acceptors (Lipinski definition) is 10. The second-order valence-electron chi connectivity index (χ2n) is 9.48. The zero-order valence-electron chi connectivity index (χ0n) is 20.0. The summed E-state index contributed by atoms with van der Waals surface area (Å²) in [6, 6.07) is 4.41. The Morgan fingerprint density at radius 3 is 2.79 bits per heavy atom. The van der Waals surface area contributed by atoms with Gasteiger partial charge in [-0.15, -0.1) is 0 Å². The molecule has 1 aliphatic carbocycles. The van der Waals surface area contributed by atoms with Gasteiger partial charge in [-0.25, -0.2) is 9.07 Å². The monoisotopic (exact) mass is 573 g/mol. The van der Waals surface area contributed by atoms with E-state index in [0.717, 1.165) is 24.5 Å². The summed E-state index contributed by atoms with van der Waals surface area (Å²) in [6.07, 6.45) is -2.61. The Kier molecular flexibility index (Phi) is 7.22. The van der Waals surface area contributed by atoms with E-state index in [9.17, 15) is 34.1 Å². The summed E-state index contributed by atoms with van der Waals surface area (Å²) in [7, 11) is -4.87. The average molecular weight is 574 g/mol. The first kappa shape index (κ1) is 27.3. The fourth-order valence-corrected chi connectivity index (χ4v) is 5.23. The molecule has 16 heteroatoms. The third kappa shape index (κ3) is 4.81. The highest BCUT2D eigenvalue weighted by Gasteiger charge is 2.48. The highest BCUT2D eigenvalue weighted by atomic mass is 35.5. The molecule has 6 N–H and O–H groups in total. The van der Waals surface area contributed by atoms with Gasteiger partial charge in [-0.1, -0.05) is 6.07 Å². The fourth-order valence-electron chi connectivity index (χ4n) is 4.64. The SMILES string of the molecule is C[C@@](CO)(OC[C@H]1O[C@@H](n2ncc3c(NC4CCc5ccc(F)cc54)nc(Cl)nc32)[C@H](O)[C@@H]1O)P(=O)(O)O. The van der Waals surface area contributed by atoms with Gasteiger partial charge in [-0.05, 0) is 54.6 Å². The molecule has 13 nitrogen and oxygen atoms in total. The van der Waals surface area contributed by atoms with Gasteiger partial charge < -0.3 is 39.9 Å². The van der Waals surface area contributed by atoms with Crippen LogP contribution in [0.15, 0.2) is 24.4 Å². The summed E-state index contributed by atoms with van der Waals surface area (Å²) in [5.74, 6) is -0.0117. The number of nitrogens with one attached hydrogen (secondary N) is 1. The minimum Gasteiger partial charge on any atom is -0.393 e. The van der Waals surface area contributed by atoms with Crippen molar-refractivity contribution in [1.82, 2.24) is 19.7 Å². The van der Waals surface area contributed by atoms with E-state index in [2.05, 4.69) is 20.4 Å². The molecule has 1 fully saturated rings. The van der Waals surface area contributed by atoms with Gasteiger partial charge in [0.05, 0.1) is 30.8 Å². The van der Waals surface area contributed by atoms with Gasteiger partial charge in [0.25, 0.3) is 0 Å². The molecule has 5 rings (SSSR count). The molecule has 1 unspecified atom stereocenters. The molecule has 2 aromatic heterocycles. The number of hydrogen-bond donors (Lipinski definition) is 6. The van der Waals surface area contributed by atoms with Crippen LogP contribution in [0.5, 0.6) is 0 Å². The van der Waals surface area contributed by atoms with Crippen LogP contribution in [0, 0.1) is 5.82 Å². The topological polar surface area (TPSA) is 192 Å². The largest absolute Gasteiger partial charge is 0.393 e. The lowest BCUT2D eigenvalue weighted by molar-refractivity contribution is -0.104. The second kappa shape index (κ2) is 10.0. The molecule has 38 heavy (non-hydrogen) atoms. The lowest BCUT2D eigenvalue weighted by Gasteiger charge is -2.29. The lowest BCUT2D eigenvalue weighted by atomic mass is 10.1. The standard InChI is InChI=1S/C22H26ClFN5O8P/c1-22(9-30,38(33,34)35)36-8-15-16(31)17(32)20(37-15)29-19-13(7-25-29)18(27-21(23)28-19)26-14-5-3-10-2-4-11(24)6-12(10)14/h2,4,6-7,14-17,20,30-32H,3,5,8-9H2,1H3,(H,26,27,28)(H2,33,34,35)/t14?,15-,16-,17-,20-,22-/m1/s1. The Morgan fingerprint density at radius 1 is 1.32 bits per heavy atom. The molecular formula is C22H26ClFN5O8P. The Labute approximate surface area is 220 Å². The van der Waals surface area contributed by atoms with Crippen LogP contribution < -0.4 is 5.32 Å². The van der Waals surface area contributed by atoms with Gasteiger partial charge >= 0.3 is 7.60 Å². The molecule has 206 valence electrons. The van der Waals surface area contributed by atoms with Crippen molar-refractivity contribution in [2.24, 2.45) is 0 Å². The van der Waals surface area contributed by atoms with Crippen LogP contribution in [0.3, 0.4) is 0 Å². The Balaban J connectivity index is 1.39. The first-order valence-electron chi connectivity index (χ1n) is 11.7. The number of fused-ring (bicyclic) bond motifs is 2. The van der Waals surface area contributed by atoms with Crippen molar-refractivity contribution in [2.45, 2.75) is 55.7 Å². The summed E-state index contributed by atoms with van der Waals surface area (Å²) < 4.78 is 37.7. The van der Waals surface area contributed by atoms with Crippen LogP contribution in [-0.4, -0.2) is 81.7 Å². The van der Waals surface area contributed by atoms with Gasteiger partial charge in [0, 0.05) is 0 Å². The van der Waals surface area contributed by atoms with E-state index in [4.69, 9.17) is 21.1 Å². The molecule has 6 atom stereocenters. The summed E-state index contributed by atoms with van der Waals surface area (Å²) in [5, 5.41) is 36.2. The van der Waals surface area contributed by atoms with Crippen molar-refractivity contribution >= 4 is 36.0 Å². The number of nitrogens with zero attached hydrogens (tertiary/aromatic N) is 4. The van der Waals surface area contributed by atoms with Gasteiger partial charge in [-0.2, -0.15) is 15.1 Å². The fraction of sp³-hybridized carbons (Fsp3) is 0.500. The summed E-state index contributed by atoms with van der Waals surface area (Å²) in [4.78, 5) is 27.4. The van der Waals surface area contributed by atoms with Crippen molar-refractivity contribution in [3.8, 4) is 0 Å². The Bertz CT molecular complexity index is 1410. The van der Waals surface area contributed by atoms with E-state index in [1.807, 2.05) is 0 Å². The number of aliphatic hydroxyl groups excluding tert-OH is 3. The molecule has 0 radical (unpaired) electrons. The predicted molar refractivity (Wildman–Crippen MR) is 131 cm³/mol. The maximum atomic E-state index is 13.9. The van der Waals surface area contributed by atoms with Gasteiger partial charge in [0.15, 0.2) is 17.2 Å². The van der Waals surface area contributed by atoms with Crippen molar-refractivity contribution in [1.29, 1.82) is 0 Å². The maximum Gasteiger partial charge on any atom is 0.359 e. The zero-order chi connectivity index (χ0) is 27.4. The number of benzene rings is 1. The molecule has 0 bridgehead atoms. The van der Waals surface area contributed by atoms with E-state index in [0.29, 0.717) is 17.6 Å². The first-order valence-corrected chi connectivity index (χ1v) is 13.7. The number of aromatic nitrogens is 4. The molecular weight excluding hydrogens is 548 g/mol. The van der Waals surface area contributed by atoms with Crippen LogP contribution in [0.1, 0.15) is 36.7 Å². The van der Waals surface area contributed by atoms with Crippen LogP contribution in [-0.2, 0) is 20.5 Å². The van der Waals surface area contributed by atoms with Crippen LogP contribution in [0.25, 0.3) is 11.0 Å². The third-order valence-electron chi connectivity index (χ3n) is 6.97. The van der Waals surface area contributed by atoms with Crippen molar-refractivity contribution in [2.75, 3.05) is 18.5 Å². The molecule has 0 saturated carbocycles. The number of halogens is 2. The molecule has 1 aromatic carbocycles. The normalized spacial score (nSPS) is 27.0. The molecule has 1 saturated heterocycles. The van der Waals surface area contributed by atoms with Crippen molar-refractivity contribution < 1.29 is 43.5 Å². The number of aliphatic hydroxyl groups is 3. The number of aryl methyl sites for hydroxylation is 1. The first-order chi connectivity index (χ1) is 17.9. The highest BCUT2D eigenvalue weighted by molar-refractivity contribution is 7.53. The lowest BCUT2D eigenvalue weighted by Crippen LogP contribution is -2.39. The van der Waals surface area contributed by atoms with E-state index >= 15 is 0 Å². The van der Waals surface area contributed by atoms with Gasteiger partial charge in [-0.3, -0.25) is 4.57 Å². The number of anilines is 1. The van der Waals surface area contributed by atoms with Crippen LogP contribution in [0.4, 0.5) is 10.2 Å². The molecule has 2 aliphatic rings. The minimum atomic E-state index is -4.87. The highest BCUT2D eigenvalue weighted by Crippen LogP contribution is 2.51. The smallest absolute Gasteiger partial charge is 0.359 e. The number of rotatable bonds is 8. The predicted octanol–water partition coefficient (Wildman–Crippen LogP) is 1.24. The Hall–Kier alpha value is -2.26.